The number of H-pyrrole nitrogens is 1. The van der Waals surface area contributed by atoms with E-state index in [0.717, 1.165) is 34.7 Å². The number of nitrogens with one attached hydrogen (secondary N) is 2. The quantitative estimate of drug-likeness (QED) is 0.837. The van der Waals surface area contributed by atoms with Gasteiger partial charge in [-0.2, -0.15) is 0 Å². The number of rotatable bonds is 2. The molecule has 1 saturated heterocycles. The minimum atomic E-state index is 0.382. The predicted octanol–water partition coefficient (Wildman–Crippen LogP) is 2.66. The van der Waals surface area contributed by atoms with Crippen LogP contribution >= 0.6 is 15.9 Å². The van der Waals surface area contributed by atoms with Gasteiger partial charge in [0.15, 0.2) is 0 Å². The van der Waals surface area contributed by atoms with Crippen molar-refractivity contribution in [3.8, 4) is 11.3 Å². The molecule has 1 atom stereocenters. The molecule has 5 heteroatoms. The molecule has 0 bridgehead atoms. The van der Waals surface area contributed by atoms with Gasteiger partial charge in [0.2, 0.25) is 0 Å². The number of aromatic amines is 1. The summed E-state index contributed by atoms with van der Waals surface area (Å²) in [4.78, 5) is 12.0. The van der Waals surface area contributed by atoms with Crippen LogP contribution in [0.1, 0.15) is 24.7 Å². The average molecular weight is 293 g/mol. The van der Waals surface area contributed by atoms with Crippen molar-refractivity contribution >= 4 is 15.9 Å². The van der Waals surface area contributed by atoms with Crippen molar-refractivity contribution in [1.82, 2.24) is 20.3 Å². The first kappa shape index (κ1) is 10.9. The zero-order chi connectivity index (χ0) is 11.7. The highest BCUT2D eigenvalue weighted by Gasteiger charge is 2.19. The Balaban J connectivity index is 1.86. The second-order valence-electron chi connectivity index (χ2n) is 4.20. The van der Waals surface area contributed by atoms with Gasteiger partial charge in [0.25, 0.3) is 0 Å². The third-order valence-corrected chi connectivity index (χ3v) is 3.49. The van der Waals surface area contributed by atoms with E-state index in [1.807, 2.05) is 24.5 Å². The molecule has 4 nitrogen and oxygen atoms in total. The van der Waals surface area contributed by atoms with E-state index in [4.69, 9.17) is 0 Å². The van der Waals surface area contributed by atoms with Gasteiger partial charge in [-0.05, 0) is 47.4 Å². The largest absolute Gasteiger partial charge is 0.341 e. The van der Waals surface area contributed by atoms with Crippen molar-refractivity contribution in [2.75, 3.05) is 6.54 Å². The lowest BCUT2D eigenvalue weighted by Gasteiger charge is -2.05. The van der Waals surface area contributed by atoms with Gasteiger partial charge in [0, 0.05) is 11.8 Å². The second kappa shape index (κ2) is 4.58. The molecular weight excluding hydrogens is 280 g/mol. The summed E-state index contributed by atoms with van der Waals surface area (Å²) in [5.74, 6) is 1.03. The zero-order valence-corrected chi connectivity index (χ0v) is 10.9. The van der Waals surface area contributed by atoms with Crippen molar-refractivity contribution in [2.24, 2.45) is 0 Å². The normalized spacial score (nSPS) is 19.7. The van der Waals surface area contributed by atoms with Crippen LogP contribution in [0.4, 0.5) is 0 Å². The van der Waals surface area contributed by atoms with Crippen molar-refractivity contribution in [3.63, 3.8) is 0 Å². The minimum absolute atomic E-state index is 0.382. The molecule has 2 aromatic heterocycles. The first-order valence-electron chi connectivity index (χ1n) is 5.73. The van der Waals surface area contributed by atoms with E-state index in [9.17, 15) is 0 Å². The molecule has 3 heterocycles. The summed E-state index contributed by atoms with van der Waals surface area (Å²) in [6.45, 7) is 1.08. The van der Waals surface area contributed by atoms with Crippen LogP contribution in [0.2, 0.25) is 0 Å². The van der Waals surface area contributed by atoms with Gasteiger partial charge in [-0.15, -0.1) is 0 Å². The van der Waals surface area contributed by atoms with Crippen molar-refractivity contribution in [3.05, 3.63) is 35.0 Å². The maximum Gasteiger partial charge on any atom is 0.123 e. The summed E-state index contributed by atoms with van der Waals surface area (Å²) < 4.78 is 0.846. The summed E-state index contributed by atoms with van der Waals surface area (Å²) in [5, 5.41) is 3.43. The number of nitrogens with zero attached hydrogens (tertiary/aromatic N) is 2. The molecule has 0 unspecified atom stereocenters. The highest BCUT2D eigenvalue weighted by Crippen LogP contribution is 2.24. The number of halogens is 1. The molecular formula is C12H13BrN4. The van der Waals surface area contributed by atoms with Gasteiger partial charge < -0.3 is 10.3 Å². The van der Waals surface area contributed by atoms with E-state index in [-0.39, 0.29) is 0 Å². The highest BCUT2D eigenvalue weighted by atomic mass is 79.9. The molecule has 17 heavy (non-hydrogen) atoms. The van der Waals surface area contributed by atoms with Gasteiger partial charge in [0.05, 0.1) is 17.9 Å². The third kappa shape index (κ3) is 2.25. The Bertz CT molecular complexity index is 499. The Kier molecular flexibility index (Phi) is 2.94. The lowest BCUT2D eigenvalue weighted by Crippen LogP contribution is -2.14. The molecule has 0 spiro atoms. The first-order valence-corrected chi connectivity index (χ1v) is 6.52. The molecule has 0 saturated carbocycles. The number of aromatic nitrogens is 3. The zero-order valence-electron chi connectivity index (χ0n) is 9.28. The van der Waals surface area contributed by atoms with Crippen molar-refractivity contribution in [2.45, 2.75) is 18.9 Å². The maximum absolute atomic E-state index is 4.44. The molecule has 1 fully saturated rings. The van der Waals surface area contributed by atoms with Crippen LogP contribution in [0.25, 0.3) is 11.3 Å². The molecule has 0 amide bonds. The fourth-order valence-corrected chi connectivity index (χ4v) is 2.35. The monoisotopic (exact) mass is 292 g/mol. The van der Waals surface area contributed by atoms with Crippen LogP contribution in [0.3, 0.4) is 0 Å². The van der Waals surface area contributed by atoms with E-state index in [1.54, 1.807) is 0 Å². The molecule has 2 N–H and O–H groups in total. The Morgan fingerprint density at radius 2 is 2.18 bits per heavy atom. The minimum Gasteiger partial charge on any atom is -0.341 e. The Hall–Kier alpha value is -1.20. The van der Waals surface area contributed by atoms with E-state index in [2.05, 4.69) is 36.2 Å². The summed E-state index contributed by atoms with van der Waals surface area (Å²) >= 11 is 3.33. The Morgan fingerprint density at radius 3 is 2.88 bits per heavy atom. The fraction of sp³-hybridized carbons (Fsp3) is 0.333. The standard InChI is InChI=1S/C12H13BrN4/c13-11-4-3-8(6-15-11)10-7-16-12(17-10)9-2-1-5-14-9/h3-4,6-7,9,14H,1-2,5H2,(H,16,17)/t9-/m0/s1. The maximum atomic E-state index is 4.44. The van der Waals surface area contributed by atoms with E-state index >= 15 is 0 Å². The molecule has 1 aliphatic heterocycles. The molecule has 3 rings (SSSR count). The van der Waals surface area contributed by atoms with Gasteiger partial charge in [-0.25, -0.2) is 9.97 Å². The Labute approximate surface area is 108 Å². The lowest BCUT2D eigenvalue weighted by molar-refractivity contribution is 0.613. The molecule has 0 radical (unpaired) electrons. The molecule has 1 aliphatic rings. The smallest absolute Gasteiger partial charge is 0.123 e. The first-order chi connectivity index (χ1) is 8.33. The van der Waals surface area contributed by atoms with Crippen LogP contribution in [-0.4, -0.2) is 21.5 Å². The van der Waals surface area contributed by atoms with E-state index in [1.165, 1.54) is 6.42 Å². The van der Waals surface area contributed by atoms with Crippen LogP contribution in [0.15, 0.2) is 29.1 Å². The van der Waals surface area contributed by atoms with E-state index in [0.29, 0.717) is 6.04 Å². The van der Waals surface area contributed by atoms with Gasteiger partial charge in [-0.3, -0.25) is 0 Å². The summed E-state index contributed by atoms with van der Waals surface area (Å²) in [5.41, 5.74) is 2.08. The van der Waals surface area contributed by atoms with Gasteiger partial charge in [0.1, 0.15) is 10.4 Å². The summed E-state index contributed by atoms with van der Waals surface area (Å²) in [6.07, 6.45) is 6.09. The van der Waals surface area contributed by atoms with Gasteiger partial charge >= 0.3 is 0 Å². The van der Waals surface area contributed by atoms with Crippen LogP contribution < -0.4 is 5.32 Å². The predicted molar refractivity (Wildman–Crippen MR) is 69.5 cm³/mol. The molecule has 2 aromatic rings. The second-order valence-corrected chi connectivity index (χ2v) is 5.01. The lowest BCUT2D eigenvalue weighted by atomic mass is 10.2. The van der Waals surface area contributed by atoms with Crippen LogP contribution in [0.5, 0.6) is 0 Å². The molecule has 88 valence electrons. The van der Waals surface area contributed by atoms with Crippen molar-refractivity contribution in [1.29, 1.82) is 0 Å². The van der Waals surface area contributed by atoms with E-state index < -0.39 is 0 Å². The number of pyridine rings is 1. The van der Waals surface area contributed by atoms with Crippen LogP contribution in [0, 0.1) is 0 Å². The summed E-state index contributed by atoms with van der Waals surface area (Å²) in [7, 11) is 0. The van der Waals surface area contributed by atoms with Crippen LogP contribution in [-0.2, 0) is 0 Å². The number of hydrogen-bond donors (Lipinski definition) is 2. The van der Waals surface area contributed by atoms with Crippen molar-refractivity contribution < 1.29 is 0 Å². The third-order valence-electron chi connectivity index (χ3n) is 3.02. The number of imidazole rings is 1. The molecule has 0 aliphatic carbocycles. The number of hydrogen-bond acceptors (Lipinski definition) is 3. The topological polar surface area (TPSA) is 53.6 Å². The van der Waals surface area contributed by atoms with Gasteiger partial charge in [-0.1, -0.05) is 0 Å². The molecule has 0 aromatic carbocycles. The SMILES string of the molecule is Brc1ccc(-c2cnc([C@@H]3CCCN3)[nH]2)cn1. The fourth-order valence-electron chi connectivity index (χ4n) is 2.11. The highest BCUT2D eigenvalue weighted by molar-refractivity contribution is 9.10. The summed E-state index contributed by atoms with van der Waals surface area (Å²) in [6, 6.07) is 4.34. The average Bonchev–Trinajstić information content (AvgIpc) is 3.00. The Morgan fingerprint density at radius 1 is 1.24 bits per heavy atom.